The van der Waals surface area contributed by atoms with Gasteiger partial charge < -0.3 is 4.98 Å². The number of hydrogen-bond acceptors (Lipinski definition) is 3. The lowest BCUT2D eigenvalue weighted by atomic mass is 10.1. The van der Waals surface area contributed by atoms with Crippen LogP contribution < -0.4 is 5.32 Å². The van der Waals surface area contributed by atoms with Crippen molar-refractivity contribution < 1.29 is 9.18 Å². The van der Waals surface area contributed by atoms with E-state index in [0.717, 1.165) is 10.9 Å². The fourth-order valence-corrected chi connectivity index (χ4v) is 2.01. The van der Waals surface area contributed by atoms with Crippen LogP contribution in [0.1, 0.15) is 5.56 Å². The average molecular weight is 270 g/mol. The number of anilines is 1. The molecule has 5 nitrogen and oxygen atoms in total. The predicted molar refractivity (Wildman–Crippen MR) is 72.6 cm³/mol. The molecule has 3 rings (SSSR count). The summed E-state index contributed by atoms with van der Waals surface area (Å²) in [5, 5.41) is 3.44. The number of aromatic nitrogens is 3. The first-order chi connectivity index (χ1) is 9.72. The van der Waals surface area contributed by atoms with Crippen LogP contribution in [-0.2, 0) is 11.2 Å². The lowest BCUT2D eigenvalue weighted by Crippen LogP contribution is -2.15. The summed E-state index contributed by atoms with van der Waals surface area (Å²) in [6, 6.07) is 6.10. The van der Waals surface area contributed by atoms with Gasteiger partial charge in [0.15, 0.2) is 0 Å². The third-order valence-corrected chi connectivity index (χ3v) is 2.90. The van der Waals surface area contributed by atoms with Crippen molar-refractivity contribution in [3.63, 3.8) is 0 Å². The minimum Gasteiger partial charge on any atom is -0.361 e. The molecule has 0 aliphatic carbocycles. The third-order valence-electron chi connectivity index (χ3n) is 2.90. The zero-order chi connectivity index (χ0) is 13.9. The lowest BCUT2D eigenvalue weighted by Gasteiger charge is -2.02. The van der Waals surface area contributed by atoms with Crippen molar-refractivity contribution in [2.45, 2.75) is 6.42 Å². The van der Waals surface area contributed by atoms with Gasteiger partial charge in [-0.2, -0.15) is 0 Å². The number of hydrogen-bond donors (Lipinski definition) is 2. The summed E-state index contributed by atoms with van der Waals surface area (Å²) in [6.07, 6.45) is 4.98. The molecule has 0 aliphatic heterocycles. The standard InChI is InChI=1S/C14H11FN4O/c15-10-2-3-11-9(8-18-12(11)7-10)6-13(20)19-14-16-4-1-5-17-14/h1-5,7-8,18H,6H2,(H,16,17,19,20). The van der Waals surface area contributed by atoms with Gasteiger partial charge in [-0.1, -0.05) is 0 Å². The Hall–Kier alpha value is -2.76. The number of benzene rings is 1. The van der Waals surface area contributed by atoms with Crippen LogP contribution in [-0.4, -0.2) is 20.9 Å². The monoisotopic (exact) mass is 270 g/mol. The van der Waals surface area contributed by atoms with E-state index in [-0.39, 0.29) is 24.1 Å². The van der Waals surface area contributed by atoms with Crippen molar-refractivity contribution in [1.29, 1.82) is 0 Å². The lowest BCUT2D eigenvalue weighted by molar-refractivity contribution is -0.115. The van der Waals surface area contributed by atoms with Gasteiger partial charge >= 0.3 is 0 Å². The van der Waals surface area contributed by atoms with E-state index in [2.05, 4.69) is 20.3 Å². The van der Waals surface area contributed by atoms with Crippen LogP contribution in [0.4, 0.5) is 10.3 Å². The molecular formula is C14H11FN4O. The molecule has 0 saturated carbocycles. The molecule has 100 valence electrons. The Bertz CT molecular complexity index is 754. The molecule has 0 spiro atoms. The van der Waals surface area contributed by atoms with Crippen molar-refractivity contribution in [3.8, 4) is 0 Å². The molecule has 3 aromatic rings. The molecular weight excluding hydrogens is 259 g/mol. The first kappa shape index (κ1) is 12.3. The SMILES string of the molecule is O=C(Cc1c[nH]c2cc(F)ccc12)Nc1ncccn1. The second-order valence-electron chi connectivity index (χ2n) is 4.30. The smallest absolute Gasteiger partial charge is 0.231 e. The molecule has 0 bridgehead atoms. The predicted octanol–water partition coefficient (Wildman–Crippen LogP) is 2.28. The minimum atomic E-state index is -0.312. The second-order valence-corrected chi connectivity index (χ2v) is 4.30. The van der Waals surface area contributed by atoms with E-state index in [1.54, 1.807) is 30.7 Å². The fraction of sp³-hybridized carbons (Fsp3) is 0.0714. The number of carbonyl (C=O) groups is 1. The van der Waals surface area contributed by atoms with E-state index >= 15 is 0 Å². The van der Waals surface area contributed by atoms with Gasteiger partial charge in [0, 0.05) is 29.5 Å². The Morgan fingerprint density at radius 2 is 2.10 bits per heavy atom. The summed E-state index contributed by atoms with van der Waals surface area (Å²) >= 11 is 0. The molecule has 0 aliphatic rings. The highest BCUT2D eigenvalue weighted by Crippen LogP contribution is 2.19. The van der Waals surface area contributed by atoms with Crippen LogP contribution in [0.25, 0.3) is 10.9 Å². The molecule has 1 aromatic carbocycles. The van der Waals surface area contributed by atoms with E-state index in [4.69, 9.17) is 0 Å². The highest BCUT2D eigenvalue weighted by atomic mass is 19.1. The number of nitrogens with zero attached hydrogens (tertiary/aromatic N) is 2. The van der Waals surface area contributed by atoms with Gasteiger partial charge in [0.25, 0.3) is 0 Å². The van der Waals surface area contributed by atoms with Crippen LogP contribution in [0.3, 0.4) is 0 Å². The van der Waals surface area contributed by atoms with Crippen molar-refractivity contribution >= 4 is 22.8 Å². The quantitative estimate of drug-likeness (QED) is 0.767. The van der Waals surface area contributed by atoms with Crippen molar-refractivity contribution in [3.05, 3.63) is 54.2 Å². The highest BCUT2D eigenvalue weighted by Gasteiger charge is 2.10. The maximum absolute atomic E-state index is 13.1. The molecule has 2 N–H and O–H groups in total. The maximum atomic E-state index is 13.1. The molecule has 0 fully saturated rings. The fourth-order valence-electron chi connectivity index (χ4n) is 2.01. The van der Waals surface area contributed by atoms with Gasteiger partial charge in [0.2, 0.25) is 11.9 Å². The average Bonchev–Trinajstić information content (AvgIpc) is 2.82. The van der Waals surface area contributed by atoms with Gasteiger partial charge in [-0.15, -0.1) is 0 Å². The van der Waals surface area contributed by atoms with Crippen LogP contribution in [0.15, 0.2) is 42.9 Å². The van der Waals surface area contributed by atoms with E-state index in [1.165, 1.54) is 12.1 Å². The summed E-state index contributed by atoms with van der Waals surface area (Å²) in [5.74, 6) is -0.266. The van der Waals surface area contributed by atoms with Crippen molar-refractivity contribution in [2.24, 2.45) is 0 Å². The number of H-pyrrole nitrogens is 1. The largest absolute Gasteiger partial charge is 0.361 e. The molecule has 2 aromatic heterocycles. The van der Waals surface area contributed by atoms with Crippen LogP contribution in [0, 0.1) is 5.82 Å². The van der Waals surface area contributed by atoms with E-state index < -0.39 is 0 Å². The Balaban J connectivity index is 1.78. The van der Waals surface area contributed by atoms with Gasteiger partial charge in [-0.05, 0) is 29.8 Å². The van der Waals surface area contributed by atoms with Gasteiger partial charge in [0.1, 0.15) is 5.82 Å². The number of amides is 1. The number of halogens is 1. The normalized spacial score (nSPS) is 10.7. The van der Waals surface area contributed by atoms with E-state index in [1.807, 2.05) is 0 Å². The summed E-state index contributed by atoms with van der Waals surface area (Å²) in [4.78, 5) is 22.7. The molecule has 0 saturated heterocycles. The van der Waals surface area contributed by atoms with Crippen LogP contribution in [0.2, 0.25) is 0 Å². The number of rotatable bonds is 3. The molecule has 6 heteroatoms. The Labute approximate surface area is 113 Å². The molecule has 20 heavy (non-hydrogen) atoms. The summed E-state index contributed by atoms with van der Waals surface area (Å²) in [6.45, 7) is 0. The zero-order valence-electron chi connectivity index (χ0n) is 10.4. The Kier molecular flexibility index (Phi) is 3.12. The Morgan fingerprint density at radius 1 is 1.30 bits per heavy atom. The zero-order valence-corrected chi connectivity index (χ0v) is 10.4. The van der Waals surface area contributed by atoms with Crippen LogP contribution >= 0.6 is 0 Å². The number of carbonyl (C=O) groups excluding carboxylic acids is 1. The summed E-state index contributed by atoms with van der Waals surface area (Å²) in [5.41, 5.74) is 1.47. The molecule has 1 amide bonds. The van der Waals surface area contributed by atoms with Crippen molar-refractivity contribution in [2.75, 3.05) is 5.32 Å². The number of aromatic amines is 1. The topological polar surface area (TPSA) is 70.7 Å². The van der Waals surface area contributed by atoms with Gasteiger partial charge in [-0.3, -0.25) is 10.1 Å². The summed E-state index contributed by atoms with van der Waals surface area (Å²) < 4.78 is 13.1. The minimum absolute atomic E-state index is 0.171. The molecule has 0 radical (unpaired) electrons. The molecule has 0 unspecified atom stereocenters. The number of fused-ring (bicyclic) bond motifs is 1. The second kappa shape index (κ2) is 5.08. The highest BCUT2D eigenvalue weighted by molar-refractivity contribution is 5.94. The third kappa shape index (κ3) is 2.49. The van der Waals surface area contributed by atoms with Crippen molar-refractivity contribution in [1.82, 2.24) is 15.0 Å². The Morgan fingerprint density at radius 3 is 2.90 bits per heavy atom. The first-order valence-electron chi connectivity index (χ1n) is 6.05. The first-order valence-corrected chi connectivity index (χ1v) is 6.05. The molecule has 2 heterocycles. The van der Waals surface area contributed by atoms with E-state index in [9.17, 15) is 9.18 Å². The summed E-state index contributed by atoms with van der Waals surface area (Å²) in [7, 11) is 0. The van der Waals surface area contributed by atoms with E-state index in [0.29, 0.717) is 5.52 Å². The maximum Gasteiger partial charge on any atom is 0.231 e. The molecule has 0 atom stereocenters. The van der Waals surface area contributed by atoms with Gasteiger partial charge in [0.05, 0.1) is 6.42 Å². The number of nitrogens with one attached hydrogen (secondary N) is 2. The van der Waals surface area contributed by atoms with Crippen LogP contribution in [0.5, 0.6) is 0 Å². The van der Waals surface area contributed by atoms with Gasteiger partial charge in [-0.25, -0.2) is 14.4 Å².